The van der Waals surface area contributed by atoms with Crippen LogP contribution in [-0.4, -0.2) is 11.1 Å². The van der Waals surface area contributed by atoms with Gasteiger partial charge in [0.25, 0.3) is 0 Å². The molecule has 76 valence electrons. The lowest BCUT2D eigenvalue weighted by Crippen LogP contribution is -1.93. The highest BCUT2D eigenvalue weighted by Gasteiger charge is 1.95. The number of aliphatic carboxylic acids is 1. The van der Waals surface area contributed by atoms with Crippen molar-refractivity contribution in [1.82, 2.24) is 0 Å². The van der Waals surface area contributed by atoms with Crippen LogP contribution in [0.3, 0.4) is 0 Å². The van der Waals surface area contributed by atoms with Crippen molar-refractivity contribution in [3.05, 3.63) is 24.3 Å². The average Bonchev–Trinajstić information content (AvgIpc) is 1.83. The molecule has 2 nitrogen and oxygen atoms in total. The minimum absolute atomic E-state index is 0.500. The molecule has 0 aliphatic carbocycles. The van der Waals surface area contributed by atoms with E-state index in [2.05, 4.69) is 27.7 Å². The summed E-state index contributed by atoms with van der Waals surface area (Å²) in [6.45, 7) is 10.6. The summed E-state index contributed by atoms with van der Waals surface area (Å²) in [6, 6.07) is 0. The number of carbonyl (C=O) groups is 1. The Balaban J connectivity index is 0. The van der Waals surface area contributed by atoms with Crippen molar-refractivity contribution in [3.8, 4) is 0 Å². The molecule has 0 saturated carbocycles. The number of rotatable bonds is 2. The fourth-order valence-electron chi connectivity index (χ4n) is 0.249. The Morgan fingerprint density at radius 1 is 1.15 bits per heavy atom. The Hall–Kier alpha value is -1.05. The Labute approximate surface area is 81.0 Å². The number of hydrogen-bond donors (Lipinski definition) is 1. The molecule has 0 aliphatic rings. The van der Waals surface area contributed by atoms with Crippen molar-refractivity contribution in [2.45, 2.75) is 34.6 Å². The lowest BCUT2D eigenvalue weighted by atomic mass is 10.0. The number of carboxylic acids is 1. The van der Waals surface area contributed by atoms with Gasteiger partial charge in [-0.25, -0.2) is 4.79 Å². The van der Waals surface area contributed by atoms with Crippen LogP contribution in [-0.2, 0) is 4.79 Å². The Bertz CT molecular complexity index is 177. The van der Waals surface area contributed by atoms with E-state index in [4.69, 9.17) is 5.11 Å². The first kappa shape index (κ1) is 14.5. The molecule has 2 heteroatoms. The van der Waals surface area contributed by atoms with E-state index in [0.29, 0.717) is 5.41 Å². The second-order valence-corrected chi connectivity index (χ2v) is 4.22. The zero-order chi connectivity index (χ0) is 10.9. The molecule has 0 spiro atoms. The minimum atomic E-state index is -0.914. The van der Waals surface area contributed by atoms with E-state index in [1.807, 2.05) is 6.92 Å². The second-order valence-electron chi connectivity index (χ2n) is 4.22. The quantitative estimate of drug-likeness (QED) is 0.528. The summed E-state index contributed by atoms with van der Waals surface area (Å²) in [5.74, 6) is -0.914. The topological polar surface area (TPSA) is 37.3 Å². The molecular formula is C11H20O2. The van der Waals surface area contributed by atoms with Gasteiger partial charge in [-0.1, -0.05) is 45.9 Å². The Morgan fingerprint density at radius 3 is 1.77 bits per heavy atom. The zero-order valence-corrected chi connectivity index (χ0v) is 9.16. The Kier molecular flexibility index (Phi) is 8.45. The molecule has 0 radical (unpaired) electrons. The van der Waals surface area contributed by atoms with Crippen molar-refractivity contribution in [2.24, 2.45) is 5.41 Å². The molecular weight excluding hydrogens is 164 g/mol. The molecule has 0 atom stereocenters. The standard InChI is InChI=1S/C6H8O2.C5H12/c1-2-3-4-5-6(7)8;1-5(2,3)4/h2-5H,1H3,(H,7,8);1-4H3. The van der Waals surface area contributed by atoms with Crippen LogP contribution >= 0.6 is 0 Å². The summed E-state index contributed by atoms with van der Waals surface area (Å²) in [6.07, 6.45) is 5.98. The van der Waals surface area contributed by atoms with Gasteiger partial charge in [0.05, 0.1) is 0 Å². The summed E-state index contributed by atoms with van der Waals surface area (Å²) < 4.78 is 0. The molecule has 0 aromatic heterocycles. The summed E-state index contributed by atoms with van der Waals surface area (Å²) in [5.41, 5.74) is 0.500. The number of hydrogen-bond acceptors (Lipinski definition) is 1. The molecule has 13 heavy (non-hydrogen) atoms. The van der Waals surface area contributed by atoms with E-state index >= 15 is 0 Å². The van der Waals surface area contributed by atoms with Gasteiger partial charge in [-0.15, -0.1) is 0 Å². The Morgan fingerprint density at radius 2 is 1.54 bits per heavy atom. The molecule has 0 heterocycles. The van der Waals surface area contributed by atoms with Crippen molar-refractivity contribution >= 4 is 5.97 Å². The molecule has 0 unspecified atom stereocenters. The number of allylic oxidation sites excluding steroid dienone is 3. The third-order valence-electron chi connectivity index (χ3n) is 0.542. The molecule has 0 aliphatic heterocycles. The van der Waals surface area contributed by atoms with Gasteiger partial charge < -0.3 is 5.11 Å². The van der Waals surface area contributed by atoms with Crippen LogP contribution in [0.1, 0.15) is 34.6 Å². The van der Waals surface area contributed by atoms with Crippen LogP contribution in [0.2, 0.25) is 0 Å². The highest BCUT2D eigenvalue weighted by Crippen LogP contribution is 2.07. The van der Waals surface area contributed by atoms with Gasteiger partial charge in [-0.2, -0.15) is 0 Å². The van der Waals surface area contributed by atoms with Crippen molar-refractivity contribution in [3.63, 3.8) is 0 Å². The number of carboxylic acid groups (broad SMARTS) is 1. The second kappa shape index (κ2) is 7.59. The van der Waals surface area contributed by atoms with Crippen LogP contribution in [0.5, 0.6) is 0 Å². The minimum Gasteiger partial charge on any atom is -0.478 e. The first-order valence-electron chi connectivity index (χ1n) is 4.29. The van der Waals surface area contributed by atoms with Crippen LogP contribution in [0.15, 0.2) is 24.3 Å². The zero-order valence-electron chi connectivity index (χ0n) is 9.16. The molecule has 0 rings (SSSR count). The lowest BCUT2D eigenvalue weighted by Gasteiger charge is -2.05. The SMILES string of the molecule is CC(C)(C)C.CC=CC=CC(=O)O. The predicted octanol–water partition coefficient (Wildman–Crippen LogP) is 3.26. The van der Waals surface area contributed by atoms with Crippen molar-refractivity contribution in [1.29, 1.82) is 0 Å². The predicted molar refractivity (Wildman–Crippen MR) is 56.7 cm³/mol. The van der Waals surface area contributed by atoms with E-state index in [0.717, 1.165) is 6.08 Å². The van der Waals surface area contributed by atoms with E-state index in [1.54, 1.807) is 12.2 Å². The fraction of sp³-hybridized carbons (Fsp3) is 0.545. The van der Waals surface area contributed by atoms with Crippen molar-refractivity contribution < 1.29 is 9.90 Å². The molecule has 0 fully saturated rings. The highest BCUT2D eigenvalue weighted by molar-refractivity contribution is 5.80. The van der Waals surface area contributed by atoms with Gasteiger partial charge in [0.2, 0.25) is 0 Å². The van der Waals surface area contributed by atoms with E-state index in [-0.39, 0.29) is 0 Å². The summed E-state index contributed by atoms with van der Waals surface area (Å²) in [4.78, 5) is 9.75. The van der Waals surface area contributed by atoms with Crippen molar-refractivity contribution in [2.75, 3.05) is 0 Å². The largest absolute Gasteiger partial charge is 0.478 e. The van der Waals surface area contributed by atoms with Crippen LogP contribution in [0.4, 0.5) is 0 Å². The molecule has 0 bridgehead atoms. The molecule has 0 amide bonds. The first-order chi connectivity index (χ1) is 5.77. The smallest absolute Gasteiger partial charge is 0.328 e. The third-order valence-corrected chi connectivity index (χ3v) is 0.542. The van der Waals surface area contributed by atoms with E-state index in [1.165, 1.54) is 6.08 Å². The normalized spacial score (nSPS) is 11.5. The fourth-order valence-corrected chi connectivity index (χ4v) is 0.249. The summed E-state index contributed by atoms with van der Waals surface area (Å²) in [7, 11) is 0. The maximum atomic E-state index is 9.75. The molecule has 1 N–H and O–H groups in total. The van der Waals surface area contributed by atoms with Gasteiger partial charge in [0.15, 0.2) is 0 Å². The molecule has 0 aromatic rings. The monoisotopic (exact) mass is 184 g/mol. The van der Waals surface area contributed by atoms with Gasteiger partial charge >= 0.3 is 5.97 Å². The summed E-state index contributed by atoms with van der Waals surface area (Å²) in [5, 5.41) is 8.02. The lowest BCUT2D eigenvalue weighted by molar-refractivity contribution is -0.131. The van der Waals surface area contributed by atoms with Gasteiger partial charge in [0, 0.05) is 6.08 Å². The van der Waals surface area contributed by atoms with E-state index in [9.17, 15) is 4.79 Å². The van der Waals surface area contributed by atoms with Crippen LogP contribution in [0, 0.1) is 5.41 Å². The average molecular weight is 184 g/mol. The van der Waals surface area contributed by atoms with Gasteiger partial charge in [-0.05, 0) is 12.3 Å². The third kappa shape index (κ3) is 56.2. The summed E-state index contributed by atoms with van der Waals surface area (Å²) >= 11 is 0. The highest BCUT2D eigenvalue weighted by atomic mass is 16.4. The maximum absolute atomic E-state index is 9.75. The maximum Gasteiger partial charge on any atom is 0.328 e. The van der Waals surface area contributed by atoms with E-state index < -0.39 is 5.97 Å². The van der Waals surface area contributed by atoms with Gasteiger partial charge in [-0.3, -0.25) is 0 Å². The molecule has 0 aromatic carbocycles. The first-order valence-corrected chi connectivity index (χ1v) is 4.29. The van der Waals surface area contributed by atoms with Crippen LogP contribution < -0.4 is 0 Å². The van der Waals surface area contributed by atoms with Gasteiger partial charge in [0.1, 0.15) is 0 Å². The van der Waals surface area contributed by atoms with Crippen LogP contribution in [0.25, 0.3) is 0 Å². The molecule has 0 saturated heterocycles.